The quantitative estimate of drug-likeness (QED) is 0.433. The highest BCUT2D eigenvalue weighted by atomic mass is 16.5. The molecular formula is C8H18O4. The monoisotopic (exact) mass is 178 g/mol. The molecule has 0 spiro atoms. The molecule has 0 aromatic carbocycles. The zero-order chi connectivity index (χ0) is 9.23. The number of ether oxygens (including phenoxy) is 1. The van der Waals surface area contributed by atoms with Gasteiger partial charge in [-0.05, 0) is 12.8 Å². The smallest absolute Gasteiger partial charge is 0.0538 e. The SMILES string of the molecule is OCCCCOCC(CO)CO. The van der Waals surface area contributed by atoms with Crippen molar-refractivity contribution in [3.05, 3.63) is 0 Å². The number of rotatable bonds is 8. The molecule has 74 valence electrons. The molecule has 12 heavy (non-hydrogen) atoms. The number of unbranched alkanes of at least 4 members (excludes halogenated alkanes) is 1. The van der Waals surface area contributed by atoms with Crippen LogP contribution in [0.4, 0.5) is 0 Å². The lowest BCUT2D eigenvalue weighted by molar-refractivity contribution is 0.0424. The van der Waals surface area contributed by atoms with E-state index in [1.807, 2.05) is 0 Å². The van der Waals surface area contributed by atoms with Crippen LogP contribution in [-0.4, -0.2) is 48.4 Å². The Hall–Kier alpha value is -0.160. The summed E-state index contributed by atoms with van der Waals surface area (Å²) in [4.78, 5) is 0. The first kappa shape index (κ1) is 11.8. The predicted octanol–water partition coefficient (Wildman–Crippen LogP) is -0.624. The molecule has 0 aliphatic carbocycles. The van der Waals surface area contributed by atoms with Crippen molar-refractivity contribution >= 4 is 0 Å². The highest BCUT2D eigenvalue weighted by Crippen LogP contribution is 1.96. The Bertz CT molecular complexity index is 83.1. The van der Waals surface area contributed by atoms with Gasteiger partial charge in [-0.15, -0.1) is 0 Å². The van der Waals surface area contributed by atoms with Gasteiger partial charge in [0.15, 0.2) is 0 Å². The Labute approximate surface area is 72.8 Å². The number of aliphatic hydroxyl groups excluding tert-OH is 3. The van der Waals surface area contributed by atoms with Crippen LogP contribution in [-0.2, 0) is 4.74 Å². The van der Waals surface area contributed by atoms with E-state index in [9.17, 15) is 0 Å². The van der Waals surface area contributed by atoms with Crippen LogP contribution in [0.3, 0.4) is 0 Å². The van der Waals surface area contributed by atoms with Crippen LogP contribution in [0.2, 0.25) is 0 Å². The highest BCUT2D eigenvalue weighted by molar-refractivity contribution is 4.52. The van der Waals surface area contributed by atoms with Crippen molar-refractivity contribution in [2.75, 3.05) is 33.0 Å². The molecule has 4 nitrogen and oxygen atoms in total. The van der Waals surface area contributed by atoms with E-state index < -0.39 is 0 Å². The molecule has 0 aliphatic rings. The van der Waals surface area contributed by atoms with Gasteiger partial charge in [-0.2, -0.15) is 0 Å². The molecule has 0 fully saturated rings. The van der Waals surface area contributed by atoms with Gasteiger partial charge in [0.25, 0.3) is 0 Å². The first-order chi connectivity index (χ1) is 5.85. The average molecular weight is 178 g/mol. The van der Waals surface area contributed by atoms with E-state index in [1.54, 1.807) is 0 Å². The van der Waals surface area contributed by atoms with Crippen LogP contribution in [0.25, 0.3) is 0 Å². The van der Waals surface area contributed by atoms with Gasteiger partial charge in [0.1, 0.15) is 0 Å². The summed E-state index contributed by atoms with van der Waals surface area (Å²) < 4.78 is 5.15. The average Bonchev–Trinajstić information content (AvgIpc) is 2.11. The molecule has 0 unspecified atom stereocenters. The lowest BCUT2D eigenvalue weighted by Crippen LogP contribution is -2.18. The molecule has 0 bridgehead atoms. The van der Waals surface area contributed by atoms with E-state index in [-0.39, 0.29) is 25.7 Å². The molecule has 4 heteroatoms. The second-order valence-corrected chi connectivity index (χ2v) is 2.74. The minimum atomic E-state index is -0.167. The fourth-order valence-corrected chi connectivity index (χ4v) is 0.729. The van der Waals surface area contributed by atoms with Gasteiger partial charge in [-0.3, -0.25) is 0 Å². The number of hydrogen-bond acceptors (Lipinski definition) is 4. The van der Waals surface area contributed by atoms with Gasteiger partial charge in [-0.25, -0.2) is 0 Å². The van der Waals surface area contributed by atoms with Crippen LogP contribution in [0.5, 0.6) is 0 Å². The van der Waals surface area contributed by atoms with Crippen molar-refractivity contribution in [3.63, 3.8) is 0 Å². The second-order valence-electron chi connectivity index (χ2n) is 2.74. The normalized spacial score (nSPS) is 11.0. The first-order valence-electron chi connectivity index (χ1n) is 4.25. The van der Waals surface area contributed by atoms with Crippen LogP contribution in [0.15, 0.2) is 0 Å². The maximum Gasteiger partial charge on any atom is 0.0538 e. The summed E-state index contributed by atoms with van der Waals surface area (Å²) in [5.74, 6) is -0.167. The minimum absolute atomic E-state index is 0.0451. The zero-order valence-electron chi connectivity index (χ0n) is 7.28. The lowest BCUT2D eigenvalue weighted by atomic mass is 10.2. The molecule has 0 saturated carbocycles. The third-order valence-corrected chi connectivity index (χ3v) is 1.57. The topological polar surface area (TPSA) is 69.9 Å². The van der Waals surface area contributed by atoms with Crippen LogP contribution in [0, 0.1) is 5.92 Å². The predicted molar refractivity (Wildman–Crippen MR) is 44.8 cm³/mol. The Morgan fingerprint density at radius 1 is 1.00 bits per heavy atom. The number of hydrogen-bond donors (Lipinski definition) is 3. The van der Waals surface area contributed by atoms with Crippen molar-refractivity contribution in [1.82, 2.24) is 0 Å². The van der Waals surface area contributed by atoms with E-state index in [4.69, 9.17) is 20.1 Å². The van der Waals surface area contributed by atoms with E-state index >= 15 is 0 Å². The third kappa shape index (κ3) is 6.54. The maximum atomic E-state index is 8.65. The summed E-state index contributed by atoms with van der Waals surface area (Å²) in [6.45, 7) is 1.06. The summed E-state index contributed by atoms with van der Waals surface area (Å²) in [7, 11) is 0. The lowest BCUT2D eigenvalue weighted by Gasteiger charge is -2.10. The minimum Gasteiger partial charge on any atom is -0.396 e. The molecule has 0 heterocycles. The molecule has 0 atom stereocenters. The molecular weight excluding hydrogens is 160 g/mol. The Morgan fingerprint density at radius 3 is 2.17 bits per heavy atom. The Morgan fingerprint density at radius 2 is 1.67 bits per heavy atom. The molecule has 0 aromatic rings. The molecule has 0 amide bonds. The fraction of sp³-hybridized carbons (Fsp3) is 1.00. The van der Waals surface area contributed by atoms with Crippen molar-refractivity contribution in [2.24, 2.45) is 5.92 Å². The van der Waals surface area contributed by atoms with E-state index in [2.05, 4.69) is 0 Å². The van der Waals surface area contributed by atoms with E-state index in [0.717, 1.165) is 12.8 Å². The summed E-state index contributed by atoms with van der Waals surface area (Å²) in [6, 6.07) is 0. The second kappa shape index (κ2) is 8.93. The molecule has 0 rings (SSSR count). The summed E-state index contributed by atoms with van der Waals surface area (Å²) in [5, 5.41) is 25.7. The van der Waals surface area contributed by atoms with Crippen molar-refractivity contribution < 1.29 is 20.1 Å². The van der Waals surface area contributed by atoms with E-state index in [0.29, 0.717) is 13.2 Å². The van der Waals surface area contributed by atoms with Gasteiger partial charge in [0, 0.05) is 19.1 Å². The van der Waals surface area contributed by atoms with Crippen molar-refractivity contribution in [2.45, 2.75) is 12.8 Å². The van der Waals surface area contributed by atoms with Crippen LogP contribution < -0.4 is 0 Å². The van der Waals surface area contributed by atoms with Crippen molar-refractivity contribution in [1.29, 1.82) is 0 Å². The zero-order valence-corrected chi connectivity index (χ0v) is 7.28. The third-order valence-electron chi connectivity index (χ3n) is 1.57. The first-order valence-corrected chi connectivity index (χ1v) is 4.25. The molecule has 0 saturated heterocycles. The van der Waals surface area contributed by atoms with Gasteiger partial charge < -0.3 is 20.1 Å². The summed E-state index contributed by atoms with van der Waals surface area (Å²) in [5.41, 5.74) is 0. The van der Waals surface area contributed by atoms with Crippen molar-refractivity contribution in [3.8, 4) is 0 Å². The molecule has 0 radical (unpaired) electrons. The summed E-state index contributed by atoms with van der Waals surface area (Å²) in [6.07, 6.45) is 1.56. The highest BCUT2D eigenvalue weighted by Gasteiger charge is 2.04. The largest absolute Gasteiger partial charge is 0.396 e. The van der Waals surface area contributed by atoms with Gasteiger partial charge in [0.05, 0.1) is 19.8 Å². The van der Waals surface area contributed by atoms with Crippen LogP contribution in [0.1, 0.15) is 12.8 Å². The Kier molecular flexibility index (Phi) is 8.81. The number of aliphatic hydroxyl groups is 3. The maximum absolute atomic E-state index is 8.65. The van der Waals surface area contributed by atoms with Gasteiger partial charge in [-0.1, -0.05) is 0 Å². The molecule has 0 aromatic heterocycles. The van der Waals surface area contributed by atoms with Crippen LogP contribution >= 0.6 is 0 Å². The van der Waals surface area contributed by atoms with Gasteiger partial charge in [0.2, 0.25) is 0 Å². The summed E-state index contributed by atoms with van der Waals surface area (Å²) >= 11 is 0. The Balaban J connectivity index is 3.06. The fourth-order valence-electron chi connectivity index (χ4n) is 0.729. The van der Waals surface area contributed by atoms with Gasteiger partial charge >= 0.3 is 0 Å². The van der Waals surface area contributed by atoms with E-state index in [1.165, 1.54) is 0 Å². The standard InChI is InChI=1S/C8H18O4/c9-3-1-2-4-12-7-8(5-10)6-11/h8-11H,1-7H2. The molecule has 0 aliphatic heterocycles. The molecule has 3 N–H and O–H groups in total.